The van der Waals surface area contributed by atoms with Gasteiger partial charge in [-0.05, 0) is 50.6 Å². The Bertz CT molecular complexity index is 569. The average Bonchev–Trinajstić information content (AvgIpc) is 2.53. The summed E-state index contributed by atoms with van der Waals surface area (Å²) < 4.78 is 5.13. The topological polar surface area (TPSA) is 55.1 Å². The maximum atomic E-state index is 11.9. The molecule has 0 aliphatic carbocycles. The van der Waals surface area contributed by atoms with Crippen LogP contribution in [0.15, 0.2) is 22.6 Å². The van der Waals surface area contributed by atoms with E-state index in [1.807, 2.05) is 20.8 Å². The van der Waals surface area contributed by atoms with Gasteiger partial charge in [-0.25, -0.2) is 0 Å². The first-order valence-corrected chi connectivity index (χ1v) is 5.61. The molecule has 1 N–H and O–H groups in total. The number of fused-ring (bicyclic) bond motifs is 1. The molecule has 1 aromatic heterocycles. The van der Waals surface area contributed by atoms with Crippen LogP contribution in [0, 0.1) is 0 Å². The fourth-order valence-electron chi connectivity index (χ4n) is 1.45. The highest BCUT2D eigenvalue weighted by molar-refractivity contribution is 6.28. The monoisotopic (exact) mass is 252 g/mol. The molecule has 0 unspecified atom stereocenters. The highest BCUT2D eigenvalue weighted by Crippen LogP contribution is 2.20. The third-order valence-corrected chi connectivity index (χ3v) is 2.27. The van der Waals surface area contributed by atoms with Crippen LogP contribution in [0.5, 0.6) is 0 Å². The number of benzene rings is 1. The first-order chi connectivity index (χ1) is 7.85. The Morgan fingerprint density at radius 3 is 2.76 bits per heavy atom. The number of oxazole rings is 1. The molecule has 17 heavy (non-hydrogen) atoms. The number of aromatic nitrogens is 1. The lowest BCUT2D eigenvalue weighted by molar-refractivity contribution is 0.0919. The molecule has 1 amide bonds. The summed E-state index contributed by atoms with van der Waals surface area (Å²) in [4.78, 5) is 15.9. The number of amides is 1. The van der Waals surface area contributed by atoms with Crippen molar-refractivity contribution in [3.8, 4) is 0 Å². The Morgan fingerprint density at radius 2 is 2.12 bits per heavy atom. The lowest BCUT2D eigenvalue weighted by atomic mass is 10.1. The van der Waals surface area contributed by atoms with E-state index in [0.29, 0.717) is 16.7 Å². The van der Waals surface area contributed by atoms with E-state index in [1.54, 1.807) is 18.2 Å². The van der Waals surface area contributed by atoms with Crippen molar-refractivity contribution in [1.82, 2.24) is 10.3 Å². The van der Waals surface area contributed by atoms with E-state index >= 15 is 0 Å². The van der Waals surface area contributed by atoms with Crippen molar-refractivity contribution in [2.75, 3.05) is 0 Å². The van der Waals surface area contributed by atoms with Gasteiger partial charge in [0.05, 0.1) is 0 Å². The van der Waals surface area contributed by atoms with Crippen molar-refractivity contribution >= 4 is 28.6 Å². The van der Waals surface area contributed by atoms with Gasteiger partial charge in [0.1, 0.15) is 5.52 Å². The van der Waals surface area contributed by atoms with Crippen molar-refractivity contribution in [2.24, 2.45) is 0 Å². The fraction of sp³-hybridized carbons (Fsp3) is 0.333. The van der Waals surface area contributed by atoms with Gasteiger partial charge < -0.3 is 9.73 Å². The van der Waals surface area contributed by atoms with Gasteiger partial charge in [-0.1, -0.05) is 0 Å². The molecule has 2 rings (SSSR count). The van der Waals surface area contributed by atoms with Gasteiger partial charge >= 0.3 is 0 Å². The summed E-state index contributed by atoms with van der Waals surface area (Å²) in [7, 11) is 0. The highest BCUT2D eigenvalue weighted by atomic mass is 35.5. The van der Waals surface area contributed by atoms with Gasteiger partial charge in [0.25, 0.3) is 11.3 Å². The van der Waals surface area contributed by atoms with E-state index in [4.69, 9.17) is 16.0 Å². The normalized spacial score (nSPS) is 11.8. The Balaban J connectivity index is 2.33. The van der Waals surface area contributed by atoms with Crippen LogP contribution in [0.3, 0.4) is 0 Å². The Labute approximate surface area is 104 Å². The summed E-state index contributed by atoms with van der Waals surface area (Å²) in [6.45, 7) is 5.78. The van der Waals surface area contributed by atoms with E-state index in [1.165, 1.54) is 0 Å². The third kappa shape index (κ3) is 2.77. The van der Waals surface area contributed by atoms with E-state index in [2.05, 4.69) is 10.3 Å². The summed E-state index contributed by atoms with van der Waals surface area (Å²) in [6.07, 6.45) is 0. The second-order valence-corrected chi connectivity index (χ2v) is 5.18. The molecule has 0 saturated carbocycles. The van der Waals surface area contributed by atoms with Crippen molar-refractivity contribution in [3.63, 3.8) is 0 Å². The first-order valence-electron chi connectivity index (χ1n) is 5.24. The first kappa shape index (κ1) is 11.9. The minimum atomic E-state index is -0.270. The summed E-state index contributed by atoms with van der Waals surface area (Å²) in [5.74, 6) is -0.140. The minimum Gasteiger partial charge on any atom is -0.428 e. The van der Waals surface area contributed by atoms with Crippen molar-refractivity contribution in [3.05, 3.63) is 29.1 Å². The number of carbonyl (C=O) groups excluding carboxylic acids is 1. The van der Waals surface area contributed by atoms with E-state index < -0.39 is 0 Å². The maximum Gasteiger partial charge on any atom is 0.293 e. The van der Waals surface area contributed by atoms with Gasteiger partial charge in [-0.2, -0.15) is 4.98 Å². The quantitative estimate of drug-likeness (QED) is 0.849. The Hall–Kier alpha value is -1.55. The predicted octanol–water partition coefficient (Wildman–Crippen LogP) is 3.01. The smallest absolute Gasteiger partial charge is 0.293 e. The zero-order chi connectivity index (χ0) is 12.6. The predicted molar refractivity (Wildman–Crippen MR) is 66.2 cm³/mol. The molecular weight excluding hydrogens is 240 g/mol. The summed E-state index contributed by atoms with van der Waals surface area (Å²) >= 11 is 5.64. The third-order valence-electron chi connectivity index (χ3n) is 2.11. The van der Waals surface area contributed by atoms with E-state index in [-0.39, 0.29) is 16.8 Å². The van der Waals surface area contributed by atoms with Crippen LogP contribution in [-0.2, 0) is 0 Å². The van der Waals surface area contributed by atoms with Crippen molar-refractivity contribution < 1.29 is 9.21 Å². The van der Waals surface area contributed by atoms with Crippen LogP contribution in [0.2, 0.25) is 5.35 Å². The van der Waals surface area contributed by atoms with Crippen LogP contribution in [0.4, 0.5) is 0 Å². The van der Waals surface area contributed by atoms with Gasteiger partial charge in [0.15, 0.2) is 5.58 Å². The van der Waals surface area contributed by atoms with Crippen molar-refractivity contribution in [1.29, 1.82) is 0 Å². The molecule has 0 saturated heterocycles. The average molecular weight is 253 g/mol. The molecule has 5 heteroatoms. The number of hydrogen-bond donors (Lipinski definition) is 1. The summed E-state index contributed by atoms with van der Waals surface area (Å²) in [6, 6.07) is 5.03. The lowest BCUT2D eigenvalue weighted by Crippen LogP contribution is -2.40. The van der Waals surface area contributed by atoms with Gasteiger partial charge in [0.2, 0.25) is 0 Å². The van der Waals surface area contributed by atoms with E-state index in [9.17, 15) is 4.79 Å². The van der Waals surface area contributed by atoms with Crippen LogP contribution in [-0.4, -0.2) is 16.4 Å². The van der Waals surface area contributed by atoms with Crippen LogP contribution < -0.4 is 5.32 Å². The molecule has 0 spiro atoms. The fourth-order valence-corrected chi connectivity index (χ4v) is 1.63. The molecule has 1 aromatic carbocycles. The summed E-state index contributed by atoms with van der Waals surface area (Å²) in [5, 5.41) is 2.95. The number of hydrogen-bond acceptors (Lipinski definition) is 3. The van der Waals surface area contributed by atoms with Crippen LogP contribution in [0.25, 0.3) is 11.1 Å². The number of carbonyl (C=O) groups is 1. The van der Waals surface area contributed by atoms with Crippen LogP contribution >= 0.6 is 11.6 Å². The second-order valence-electron chi connectivity index (χ2n) is 4.85. The largest absolute Gasteiger partial charge is 0.428 e. The van der Waals surface area contributed by atoms with Crippen molar-refractivity contribution in [2.45, 2.75) is 26.3 Å². The number of nitrogens with one attached hydrogen (secondary N) is 1. The highest BCUT2D eigenvalue weighted by Gasteiger charge is 2.16. The molecule has 0 aliphatic rings. The molecule has 0 atom stereocenters. The standard InChI is InChI=1S/C12H13ClN2O2/c1-12(2,3)15-10(16)7-4-5-9-8(6-7)14-11(13)17-9/h4-6H,1-3H3,(H,15,16). The van der Waals surface area contributed by atoms with Gasteiger partial charge in [-0.3, -0.25) is 4.79 Å². The molecule has 2 aromatic rings. The second kappa shape index (κ2) is 4.04. The maximum absolute atomic E-state index is 11.9. The molecule has 0 bridgehead atoms. The SMILES string of the molecule is CC(C)(C)NC(=O)c1ccc2oc(Cl)nc2c1. The summed E-state index contributed by atoms with van der Waals surface area (Å²) in [5.41, 5.74) is 1.42. The minimum absolute atomic E-state index is 0.0772. The molecule has 0 radical (unpaired) electrons. The molecule has 90 valence electrons. The molecule has 0 aliphatic heterocycles. The molecule has 0 fully saturated rings. The number of halogens is 1. The number of rotatable bonds is 1. The molecule has 1 heterocycles. The Morgan fingerprint density at radius 1 is 1.41 bits per heavy atom. The van der Waals surface area contributed by atoms with Crippen LogP contribution in [0.1, 0.15) is 31.1 Å². The zero-order valence-corrected chi connectivity index (χ0v) is 10.6. The zero-order valence-electron chi connectivity index (χ0n) is 9.87. The van der Waals surface area contributed by atoms with Gasteiger partial charge in [-0.15, -0.1) is 0 Å². The van der Waals surface area contributed by atoms with Gasteiger partial charge in [0, 0.05) is 11.1 Å². The molecular formula is C12H13ClN2O2. The molecule has 4 nitrogen and oxygen atoms in total. The number of nitrogens with zero attached hydrogens (tertiary/aromatic N) is 1. The Kier molecular flexibility index (Phi) is 2.83. The van der Waals surface area contributed by atoms with E-state index in [0.717, 1.165) is 0 Å². The lowest BCUT2D eigenvalue weighted by Gasteiger charge is -2.20.